The molecule has 1 saturated carbocycles. The summed E-state index contributed by atoms with van der Waals surface area (Å²) < 4.78 is 8.20. The fourth-order valence-corrected chi connectivity index (χ4v) is 3.97. The van der Waals surface area contributed by atoms with Crippen molar-refractivity contribution in [1.29, 1.82) is 0 Å². The van der Waals surface area contributed by atoms with Gasteiger partial charge < -0.3 is 15.8 Å². The number of anilines is 2. The van der Waals surface area contributed by atoms with Crippen molar-refractivity contribution in [2.24, 2.45) is 24.6 Å². The predicted molar refractivity (Wildman–Crippen MR) is 125 cm³/mol. The van der Waals surface area contributed by atoms with Crippen LogP contribution in [-0.4, -0.2) is 30.2 Å². The highest BCUT2D eigenvalue weighted by molar-refractivity contribution is 5.90. The smallest absolute Gasteiger partial charge is 0.354 e. The second kappa shape index (κ2) is 9.86. The van der Waals surface area contributed by atoms with Gasteiger partial charge >= 0.3 is 11.4 Å². The monoisotopic (exact) mass is 465 g/mol. The van der Waals surface area contributed by atoms with Crippen LogP contribution in [0.5, 0.6) is 11.6 Å². The van der Waals surface area contributed by atoms with Crippen molar-refractivity contribution in [3.63, 3.8) is 0 Å². The number of benzene rings is 1. The maximum absolute atomic E-state index is 12.8. The summed E-state index contributed by atoms with van der Waals surface area (Å²) in [5.74, 6) is 1.30. The van der Waals surface area contributed by atoms with Crippen molar-refractivity contribution < 1.29 is 9.53 Å². The fraction of sp³-hybridized carbons (Fsp3) is 0.391. The fourth-order valence-electron chi connectivity index (χ4n) is 3.97. The molecule has 178 valence electrons. The van der Waals surface area contributed by atoms with Gasteiger partial charge in [0.1, 0.15) is 5.75 Å². The summed E-state index contributed by atoms with van der Waals surface area (Å²) >= 11 is 0. The number of hydrogen-bond donors (Lipinski definition) is 2. The lowest BCUT2D eigenvalue weighted by Crippen LogP contribution is -2.42. The zero-order valence-corrected chi connectivity index (χ0v) is 19.1. The Morgan fingerprint density at radius 2 is 1.79 bits per heavy atom. The lowest BCUT2D eigenvalue weighted by molar-refractivity contribution is 0.0994. The summed E-state index contributed by atoms with van der Waals surface area (Å²) in [5.41, 5.74) is 4.83. The molecule has 0 unspecified atom stereocenters. The highest BCUT2D eigenvalue weighted by Crippen LogP contribution is 2.30. The second-order valence-electron chi connectivity index (χ2n) is 8.67. The van der Waals surface area contributed by atoms with Crippen LogP contribution in [0.3, 0.4) is 0 Å². The molecule has 11 nitrogen and oxygen atoms in total. The lowest BCUT2D eigenvalue weighted by atomic mass is 9.83. The van der Waals surface area contributed by atoms with Gasteiger partial charge in [0.2, 0.25) is 11.8 Å². The van der Waals surface area contributed by atoms with Gasteiger partial charge in [0.15, 0.2) is 5.69 Å². The van der Waals surface area contributed by atoms with Crippen LogP contribution in [0.4, 0.5) is 11.6 Å². The number of amides is 1. The number of ether oxygens (including phenoxy) is 1. The number of primary amides is 1. The molecule has 2 heterocycles. The van der Waals surface area contributed by atoms with Crippen molar-refractivity contribution in [3.05, 3.63) is 63.1 Å². The molecule has 0 atom stereocenters. The topological polar surface area (TPSA) is 147 Å². The van der Waals surface area contributed by atoms with Gasteiger partial charge in [0, 0.05) is 25.3 Å². The molecule has 1 fully saturated rings. The van der Waals surface area contributed by atoms with Gasteiger partial charge in [-0.15, -0.1) is 10.2 Å². The van der Waals surface area contributed by atoms with E-state index in [1.807, 2.05) is 0 Å². The van der Waals surface area contributed by atoms with Gasteiger partial charge in [0.25, 0.3) is 5.91 Å². The first-order valence-corrected chi connectivity index (χ1v) is 11.2. The average molecular weight is 466 g/mol. The number of carbonyl (C=O) groups is 1. The summed E-state index contributed by atoms with van der Waals surface area (Å²) in [6, 6.07) is 9.77. The van der Waals surface area contributed by atoms with E-state index in [-0.39, 0.29) is 23.2 Å². The largest absolute Gasteiger partial charge is 0.438 e. The normalized spacial score (nSPS) is 17.8. The molecule has 34 heavy (non-hydrogen) atoms. The van der Waals surface area contributed by atoms with Crippen molar-refractivity contribution in [1.82, 2.24) is 24.3 Å². The standard InChI is InChI=1S/C23H27N7O4/c1-14-3-5-15(6-4-14)13-30-21(26-22(32)29(2)23(30)33)25-16-7-9-17(10-8-16)34-19-12-11-18(20(24)31)27-28-19/h7-12,14-15H,3-6,13H2,1-2H3,(H2,24,31)(H,25,26,32). The van der Waals surface area contributed by atoms with E-state index in [1.54, 1.807) is 28.8 Å². The van der Waals surface area contributed by atoms with Gasteiger partial charge in [-0.1, -0.05) is 19.8 Å². The molecule has 0 spiro atoms. The SMILES string of the molecule is CC1CCC(Cn2c(Nc3ccc(Oc4ccc(C(N)=O)nn4)cc3)nc(=O)n(C)c2=O)CC1. The minimum atomic E-state index is -0.671. The molecule has 1 aliphatic rings. The summed E-state index contributed by atoms with van der Waals surface area (Å²) in [7, 11) is 1.44. The van der Waals surface area contributed by atoms with Gasteiger partial charge in [-0.3, -0.25) is 9.36 Å². The van der Waals surface area contributed by atoms with Crippen LogP contribution in [0.1, 0.15) is 43.1 Å². The Labute approximate surface area is 195 Å². The third-order valence-corrected chi connectivity index (χ3v) is 6.06. The highest BCUT2D eigenvalue weighted by Gasteiger charge is 2.21. The predicted octanol–water partition coefficient (Wildman–Crippen LogP) is 2.19. The quantitative estimate of drug-likeness (QED) is 0.540. The number of nitrogens with one attached hydrogen (secondary N) is 1. The maximum Gasteiger partial charge on any atom is 0.354 e. The molecule has 1 aliphatic carbocycles. The van der Waals surface area contributed by atoms with Crippen LogP contribution in [0, 0.1) is 11.8 Å². The summed E-state index contributed by atoms with van der Waals surface area (Å²) in [5, 5.41) is 10.6. The number of carbonyl (C=O) groups excluding carboxylic acids is 1. The summed E-state index contributed by atoms with van der Waals surface area (Å²) in [6.45, 7) is 2.76. The number of hydrogen-bond acceptors (Lipinski definition) is 8. The zero-order valence-electron chi connectivity index (χ0n) is 19.1. The minimum Gasteiger partial charge on any atom is -0.438 e. The van der Waals surface area contributed by atoms with E-state index in [4.69, 9.17) is 10.5 Å². The van der Waals surface area contributed by atoms with E-state index in [1.165, 1.54) is 19.2 Å². The first kappa shape index (κ1) is 23.1. The van der Waals surface area contributed by atoms with Crippen molar-refractivity contribution >= 4 is 17.5 Å². The molecule has 1 aromatic carbocycles. The number of rotatable bonds is 7. The Kier molecular flexibility index (Phi) is 6.71. The zero-order chi connectivity index (χ0) is 24.2. The van der Waals surface area contributed by atoms with E-state index >= 15 is 0 Å². The Hall–Kier alpha value is -4.02. The van der Waals surface area contributed by atoms with Crippen LogP contribution < -0.4 is 27.2 Å². The molecule has 11 heteroatoms. The van der Waals surface area contributed by atoms with Gasteiger partial charge in [-0.05, 0) is 55.0 Å². The number of nitrogens with zero attached hydrogens (tertiary/aromatic N) is 5. The molecule has 3 N–H and O–H groups in total. The highest BCUT2D eigenvalue weighted by atomic mass is 16.5. The summed E-state index contributed by atoms with van der Waals surface area (Å²) in [4.78, 5) is 40.2. The molecule has 0 saturated heterocycles. The molecule has 3 aromatic rings. The van der Waals surface area contributed by atoms with Gasteiger partial charge in [-0.2, -0.15) is 4.98 Å². The van der Waals surface area contributed by atoms with Crippen molar-refractivity contribution in [2.75, 3.05) is 5.32 Å². The molecule has 4 rings (SSSR count). The lowest BCUT2D eigenvalue weighted by Gasteiger charge is -2.27. The second-order valence-corrected chi connectivity index (χ2v) is 8.67. The Balaban J connectivity index is 1.51. The molecule has 2 aromatic heterocycles. The van der Waals surface area contributed by atoms with Gasteiger partial charge in [0.05, 0.1) is 0 Å². The average Bonchev–Trinajstić information content (AvgIpc) is 2.83. The molecular formula is C23H27N7O4. The molecule has 1 amide bonds. The van der Waals surface area contributed by atoms with Crippen LogP contribution in [-0.2, 0) is 13.6 Å². The molecule has 0 aliphatic heterocycles. The van der Waals surface area contributed by atoms with E-state index in [2.05, 4.69) is 27.4 Å². The molecule has 0 bridgehead atoms. The van der Waals surface area contributed by atoms with Crippen molar-refractivity contribution in [3.8, 4) is 11.6 Å². The van der Waals surface area contributed by atoms with E-state index < -0.39 is 11.6 Å². The number of aromatic nitrogens is 5. The molecule has 0 radical (unpaired) electrons. The van der Waals surface area contributed by atoms with Crippen LogP contribution in [0.25, 0.3) is 0 Å². The Morgan fingerprint density at radius 1 is 1.09 bits per heavy atom. The first-order chi connectivity index (χ1) is 16.3. The Morgan fingerprint density at radius 3 is 2.41 bits per heavy atom. The maximum atomic E-state index is 12.8. The minimum absolute atomic E-state index is 0.0437. The van der Waals surface area contributed by atoms with Crippen LogP contribution in [0.15, 0.2) is 46.0 Å². The summed E-state index contributed by atoms with van der Waals surface area (Å²) in [6.07, 6.45) is 4.37. The third kappa shape index (κ3) is 5.30. The third-order valence-electron chi connectivity index (χ3n) is 6.06. The van der Waals surface area contributed by atoms with E-state index in [0.717, 1.165) is 30.3 Å². The molecular weight excluding hydrogens is 438 g/mol. The first-order valence-electron chi connectivity index (χ1n) is 11.2. The van der Waals surface area contributed by atoms with Crippen molar-refractivity contribution in [2.45, 2.75) is 39.2 Å². The number of nitrogens with two attached hydrogens (primary N) is 1. The Bertz CT molecular complexity index is 1270. The van der Waals surface area contributed by atoms with Crippen LogP contribution >= 0.6 is 0 Å². The van der Waals surface area contributed by atoms with Crippen LogP contribution in [0.2, 0.25) is 0 Å². The van der Waals surface area contributed by atoms with E-state index in [0.29, 0.717) is 29.8 Å². The van der Waals surface area contributed by atoms with Gasteiger partial charge in [-0.25, -0.2) is 14.2 Å². The van der Waals surface area contributed by atoms with E-state index in [9.17, 15) is 14.4 Å².